The number of carboxylic acids is 1. The number of nitrogens with zero attached hydrogens (tertiary/aromatic N) is 2. The fraction of sp³-hybridized carbons (Fsp3) is 0.583. The largest absolute Gasteiger partial charge is 0.475 e. The fourth-order valence-corrected chi connectivity index (χ4v) is 2.12. The summed E-state index contributed by atoms with van der Waals surface area (Å²) >= 11 is 0. The van der Waals surface area contributed by atoms with Gasteiger partial charge in [0.1, 0.15) is 0 Å². The highest BCUT2D eigenvalue weighted by Crippen LogP contribution is 2.20. The molecular formula is C12H18N2O3. The quantitative estimate of drug-likeness (QED) is 0.861. The Labute approximate surface area is 101 Å². The van der Waals surface area contributed by atoms with Crippen molar-refractivity contribution in [2.75, 3.05) is 37.6 Å². The molecule has 1 aliphatic rings. The van der Waals surface area contributed by atoms with E-state index in [1.54, 1.807) is 6.07 Å². The van der Waals surface area contributed by atoms with Gasteiger partial charge in [0.2, 0.25) is 5.76 Å². The molecule has 1 fully saturated rings. The molecule has 0 bridgehead atoms. The highest BCUT2D eigenvalue weighted by molar-refractivity contribution is 5.84. The van der Waals surface area contributed by atoms with Crippen LogP contribution in [0, 0.1) is 0 Å². The zero-order valence-electron chi connectivity index (χ0n) is 10.1. The maximum atomic E-state index is 10.7. The molecule has 0 radical (unpaired) electrons. The minimum Gasteiger partial charge on any atom is -0.475 e. The molecule has 0 spiro atoms. The van der Waals surface area contributed by atoms with Crippen LogP contribution in [-0.4, -0.2) is 48.7 Å². The van der Waals surface area contributed by atoms with Crippen LogP contribution in [0.3, 0.4) is 0 Å². The van der Waals surface area contributed by atoms with E-state index < -0.39 is 5.97 Å². The molecule has 1 saturated heterocycles. The van der Waals surface area contributed by atoms with Gasteiger partial charge in [-0.3, -0.25) is 4.90 Å². The Morgan fingerprint density at radius 1 is 1.35 bits per heavy atom. The number of hydrogen-bond donors (Lipinski definition) is 1. The minimum atomic E-state index is -1.01. The number of anilines is 1. The van der Waals surface area contributed by atoms with Gasteiger partial charge < -0.3 is 14.4 Å². The maximum Gasteiger partial charge on any atom is 0.371 e. The van der Waals surface area contributed by atoms with Gasteiger partial charge in [-0.25, -0.2) is 4.79 Å². The Morgan fingerprint density at radius 2 is 2.06 bits per heavy atom. The van der Waals surface area contributed by atoms with Gasteiger partial charge >= 0.3 is 5.97 Å². The van der Waals surface area contributed by atoms with E-state index >= 15 is 0 Å². The molecule has 0 atom stereocenters. The summed E-state index contributed by atoms with van der Waals surface area (Å²) < 4.78 is 5.29. The van der Waals surface area contributed by atoms with Gasteiger partial charge in [-0.2, -0.15) is 0 Å². The first-order chi connectivity index (χ1) is 8.20. The van der Waals surface area contributed by atoms with Crippen LogP contribution in [0.5, 0.6) is 0 Å². The van der Waals surface area contributed by atoms with Gasteiger partial charge in [-0.1, -0.05) is 6.92 Å². The van der Waals surface area contributed by atoms with E-state index in [1.165, 1.54) is 12.5 Å². The molecule has 1 N–H and O–H groups in total. The normalized spacial score (nSPS) is 17.4. The van der Waals surface area contributed by atoms with Crippen LogP contribution in [0.1, 0.15) is 23.9 Å². The molecule has 0 unspecified atom stereocenters. The zero-order chi connectivity index (χ0) is 12.3. The summed E-state index contributed by atoms with van der Waals surface area (Å²) in [4.78, 5) is 15.2. The Balaban J connectivity index is 1.93. The first kappa shape index (κ1) is 12.0. The average molecular weight is 238 g/mol. The number of aromatic carboxylic acids is 1. The number of furan rings is 1. The van der Waals surface area contributed by atoms with Crippen molar-refractivity contribution in [2.24, 2.45) is 0 Å². The van der Waals surface area contributed by atoms with Gasteiger partial charge in [0.25, 0.3) is 0 Å². The van der Waals surface area contributed by atoms with Crippen molar-refractivity contribution in [1.29, 1.82) is 0 Å². The number of carbonyl (C=O) groups is 1. The van der Waals surface area contributed by atoms with Gasteiger partial charge in [-0.05, 0) is 19.0 Å². The van der Waals surface area contributed by atoms with Gasteiger partial charge in [0.15, 0.2) is 5.88 Å². The van der Waals surface area contributed by atoms with Crippen LogP contribution in [-0.2, 0) is 0 Å². The van der Waals surface area contributed by atoms with Crippen molar-refractivity contribution >= 4 is 11.9 Å². The predicted octanol–water partition coefficient (Wildman–Crippen LogP) is 1.51. The molecule has 1 aromatic rings. The van der Waals surface area contributed by atoms with E-state index in [4.69, 9.17) is 9.52 Å². The van der Waals surface area contributed by atoms with Crippen molar-refractivity contribution in [3.8, 4) is 0 Å². The molecule has 1 aliphatic heterocycles. The molecule has 0 aliphatic carbocycles. The molecule has 1 aromatic heterocycles. The second-order valence-corrected chi connectivity index (χ2v) is 4.27. The lowest BCUT2D eigenvalue weighted by Gasteiger charge is -2.34. The van der Waals surface area contributed by atoms with Crippen LogP contribution in [0.2, 0.25) is 0 Å². The topological polar surface area (TPSA) is 56.9 Å². The minimum absolute atomic E-state index is 0.0102. The standard InChI is InChI=1S/C12H18N2O3/c1-2-5-13-6-8-14(9-7-13)11-4-3-10(17-11)12(15)16/h3-4H,2,5-9H2,1H3,(H,15,16). The summed E-state index contributed by atoms with van der Waals surface area (Å²) in [7, 11) is 0. The van der Waals surface area contributed by atoms with Crippen LogP contribution in [0.15, 0.2) is 16.5 Å². The van der Waals surface area contributed by atoms with Crippen LogP contribution < -0.4 is 4.90 Å². The van der Waals surface area contributed by atoms with E-state index in [1.807, 2.05) is 0 Å². The molecule has 17 heavy (non-hydrogen) atoms. The van der Waals surface area contributed by atoms with Crippen molar-refractivity contribution in [3.05, 3.63) is 17.9 Å². The maximum absolute atomic E-state index is 10.7. The SMILES string of the molecule is CCCN1CCN(c2ccc(C(=O)O)o2)CC1. The van der Waals surface area contributed by atoms with Crippen molar-refractivity contribution in [1.82, 2.24) is 4.90 Å². The molecule has 0 saturated carbocycles. The lowest BCUT2D eigenvalue weighted by atomic mass is 10.3. The molecule has 94 valence electrons. The number of hydrogen-bond acceptors (Lipinski definition) is 4. The Bertz CT molecular complexity index is 381. The second kappa shape index (κ2) is 5.23. The first-order valence-corrected chi connectivity index (χ1v) is 6.01. The van der Waals surface area contributed by atoms with Gasteiger partial charge in [0, 0.05) is 32.2 Å². The molecular weight excluding hydrogens is 220 g/mol. The zero-order valence-corrected chi connectivity index (χ0v) is 10.1. The smallest absolute Gasteiger partial charge is 0.371 e. The van der Waals surface area contributed by atoms with Crippen molar-refractivity contribution in [2.45, 2.75) is 13.3 Å². The second-order valence-electron chi connectivity index (χ2n) is 4.27. The predicted molar refractivity (Wildman–Crippen MR) is 64.6 cm³/mol. The Hall–Kier alpha value is -1.49. The van der Waals surface area contributed by atoms with Crippen LogP contribution in [0.25, 0.3) is 0 Å². The summed E-state index contributed by atoms with van der Waals surface area (Å²) in [6.45, 7) is 7.12. The average Bonchev–Trinajstić information content (AvgIpc) is 2.80. The molecule has 2 rings (SSSR count). The molecule has 2 heterocycles. The summed E-state index contributed by atoms with van der Waals surface area (Å²) in [6, 6.07) is 3.25. The highest BCUT2D eigenvalue weighted by Gasteiger charge is 2.19. The lowest BCUT2D eigenvalue weighted by Crippen LogP contribution is -2.46. The molecule has 5 nitrogen and oxygen atoms in total. The summed E-state index contributed by atoms with van der Waals surface area (Å²) in [5, 5.41) is 8.79. The molecule has 5 heteroatoms. The summed E-state index contributed by atoms with van der Waals surface area (Å²) in [6.07, 6.45) is 1.17. The van der Waals surface area contributed by atoms with Crippen molar-refractivity contribution < 1.29 is 14.3 Å². The third kappa shape index (κ3) is 2.79. The van der Waals surface area contributed by atoms with Crippen molar-refractivity contribution in [3.63, 3.8) is 0 Å². The summed E-state index contributed by atoms with van der Waals surface area (Å²) in [5.74, 6) is -0.338. The number of carboxylic acid groups (broad SMARTS) is 1. The van der Waals surface area contributed by atoms with E-state index in [2.05, 4.69) is 16.7 Å². The molecule has 0 aromatic carbocycles. The van der Waals surface area contributed by atoms with E-state index in [0.29, 0.717) is 5.88 Å². The van der Waals surface area contributed by atoms with E-state index in [-0.39, 0.29) is 5.76 Å². The van der Waals surface area contributed by atoms with Gasteiger partial charge in [-0.15, -0.1) is 0 Å². The first-order valence-electron chi connectivity index (χ1n) is 6.01. The Kier molecular flexibility index (Phi) is 3.68. The summed E-state index contributed by atoms with van der Waals surface area (Å²) in [5.41, 5.74) is 0. The lowest BCUT2D eigenvalue weighted by molar-refractivity contribution is 0.0663. The van der Waals surface area contributed by atoms with E-state index in [9.17, 15) is 4.79 Å². The highest BCUT2D eigenvalue weighted by atomic mass is 16.4. The van der Waals surface area contributed by atoms with Crippen LogP contribution in [0.4, 0.5) is 5.88 Å². The van der Waals surface area contributed by atoms with Crippen LogP contribution >= 0.6 is 0 Å². The van der Waals surface area contributed by atoms with Gasteiger partial charge in [0.05, 0.1) is 0 Å². The third-order valence-corrected chi connectivity index (χ3v) is 3.03. The monoisotopic (exact) mass is 238 g/mol. The fourth-order valence-electron chi connectivity index (χ4n) is 2.12. The Morgan fingerprint density at radius 3 is 2.59 bits per heavy atom. The third-order valence-electron chi connectivity index (χ3n) is 3.03. The van der Waals surface area contributed by atoms with E-state index in [0.717, 1.165) is 32.7 Å². The molecule has 0 amide bonds. The number of piperazine rings is 1. The number of rotatable bonds is 4.